The van der Waals surface area contributed by atoms with Gasteiger partial charge >= 0.3 is 0 Å². The predicted octanol–water partition coefficient (Wildman–Crippen LogP) is 1.90. The molecule has 2 aromatic heterocycles. The number of rotatable bonds is 3. The first kappa shape index (κ1) is 17.1. The van der Waals surface area contributed by atoms with Crippen LogP contribution in [0.5, 0.6) is 0 Å². The summed E-state index contributed by atoms with van der Waals surface area (Å²) in [5, 5.41) is 0.252. The quantitative estimate of drug-likeness (QED) is 0.820. The van der Waals surface area contributed by atoms with Gasteiger partial charge < -0.3 is 9.64 Å². The molecule has 24 heavy (non-hydrogen) atoms. The second-order valence-corrected chi connectivity index (χ2v) is 8.72. The van der Waals surface area contributed by atoms with Crippen molar-refractivity contribution in [2.45, 2.75) is 13.0 Å². The van der Waals surface area contributed by atoms with E-state index in [2.05, 4.69) is 31.1 Å². The van der Waals surface area contributed by atoms with E-state index in [0.717, 1.165) is 0 Å². The highest BCUT2D eigenvalue weighted by Crippen LogP contribution is 2.24. The minimum absolute atomic E-state index is 0.167. The molecule has 1 aliphatic rings. The van der Waals surface area contributed by atoms with Crippen LogP contribution < -0.4 is 4.90 Å². The van der Waals surface area contributed by atoms with Crippen molar-refractivity contribution < 1.29 is 8.95 Å². The summed E-state index contributed by atoms with van der Waals surface area (Å²) < 4.78 is 23.3. The molecule has 8 nitrogen and oxygen atoms in total. The normalized spacial score (nSPS) is 18.7. The van der Waals surface area contributed by atoms with E-state index in [1.807, 2.05) is 0 Å². The lowest BCUT2D eigenvalue weighted by Gasteiger charge is -2.34. The second-order valence-electron chi connectivity index (χ2n) is 5.84. The van der Waals surface area contributed by atoms with E-state index in [9.17, 15) is 4.21 Å². The summed E-state index contributed by atoms with van der Waals surface area (Å²) >= 11 is 6.08. The first-order valence-electron chi connectivity index (χ1n) is 7.43. The van der Waals surface area contributed by atoms with E-state index in [4.69, 9.17) is 16.3 Å². The van der Waals surface area contributed by atoms with Crippen LogP contribution in [0.15, 0.2) is 22.8 Å². The molecule has 10 heteroatoms. The Hall–Kier alpha value is -1.71. The molecule has 0 aromatic carbocycles. The van der Waals surface area contributed by atoms with E-state index in [1.54, 1.807) is 35.5 Å². The van der Waals surface area contributed by atoms with Crippen molar-refractivity contribution in [2.24, 2.45) is 4.36 Å². The number of ether oxygens (including phenoxy) is 1. The van der Waals surface area contributed by atoms with Gasteiger partial charge in [0.05, 0.1) is 19.3 Å². The number of aromatic nitrogens is 4. The molecular formula is C14H19ClN6O2S. The van der Waals surface area contributed by atoms with Gasteiger partial charge in [0.25, 0.3) is 0 Å². The Kier molecular flexibility index (Phi) is 4.75. The van der Waals surface area contributed by atoms with Gasteiger partial charge in [-0.15, -0.1) is 0 Å². The van der Waals surface area contributed by atoms with Crippen molar-refractivity contribution in [3.8, 4) is 5.95 Å². The van der Waals surface area contributed by atoms with E-state index in [1.165, 1.54) is 0 Å². The zero-order valence-electron chi connectivity index (χ0n) is 13.7. The molecule has 130 valence electrons. The monoisotopic (exact) mass is 370 g/mol. The number of hydrogen-bond acceptors (Lipinski definition) is 7. The van der Waals surface area contributed by atoms with Gasteiger partial charge in [-0.1, -0.05) is 0 Å². The number of morpholine rings is 1. The van der Waals surface area contributed by atoms with Crippen LogP contribution >= 0.6 is 11.6 Å². The van der Waals surface area contributed by atoms with Crippen LogP contribution in [0, 0.1) is 0 Å². The predicted molar refractivity (Wildman–Crippen MR) is 93.9 cm³/mol. The molecule has 1 atom stereocenters. The van der Waals surface area contributed by atoms with Gasteiger partial charge in [0, 0.05) is 47.2 Å². The minimum Gasteiger partial charge on any atom is -0.377 e. The fourth-order valence-corrected chi connectivity index (χ4v) is 3.17. The van der Waals surface area contributed by atoms with Crippen molar-refractivity contribution in [3.63, 3.8) is 0 Å². The molecule has 0 saturated carbocycles. The van der Waals surface area contributed by atoms with Crippen LogP contribution in [-0.2, 0) is 14.5 Å². The molecule has 0 unspecified atom stereocenters. The Labute approximate surface area is 146 Å². The van der Waals surface area contributed by atoms with Crippen LogP contribution in [0.25, 0.3) is 5.95 Å². The highest BCUT2D eigenvalue weighted by atomic mass is 35.5. The Morgan fingerprint density at radius 1 is 1.42 bits per heavy atom. The maximum Gasteiger partial charge on any atom is 0.240 e. The summed E-state index contributed by atoms with van der Waals surface area (Å²) in [4.78, 5) is 15.1. The zero-order chi connectivity index (χ0) is 17.3. The third-order valence-electron chi connectivity index (χ3n) is 3.47. The second kappa shape index (κ2) is 6.66. The summed E-state index contributed by atoms with van der Waals surface area (Å²) in [5.74, 6) is 1.40. The third-order valence-corrected chi connectivity index (χ3v) is 4.38. The molecule has 0 bridgehead atoms. The fourth-order valence-electron chi connectivity index (χ4n) is 2.44. The fraction of sp³-hybridized carbons (Fsp3) is 0.500. The van der Waals surface area contributed by atoms with Gasteiger partial charge in [-0.3, -0.25) is 4.57 Å². The Morgan fingerprint density at radius 2 is 2.21 bits per heavy atom. The number of nitrogens with zero attached hydrogens (tertiary/aromatic N) is 6. The molecule has 3 heterocycles. The summed E-state index contributed by atoms with van der Waals surface area (Å²) in [7, 11) is -2.35. The molecule has 0 amide bonds. The summed E-state index contributed by atoms with van der Waals surface area (Å²) in [5.41, 5.74) is 0. The molecule has 3 rings (SSSR count). The van der Waals surface area contributed by atoms with Gasteiger partial charge in [0.15, 0.2) is 5.82 Å². The number of hydrogen-bond donors (Lipinski definition) is 0. The van der Waals surface area contributed by atoms with E-state index >= 15 is 0 Å². The SMILES string of the molecule is C[C@@H]1COCCN1c1cc(N=S(C)(C)=O)nc(-n2ccnc2Cl)n1. The van der Waals surface area contributed by atoms with Crippen molar-refractivity contribution in [3.05, 3.63) is 23.7 Å². The van der Waals surface area contributed by atoms with Crippen molar-refractivity contribution in [2.75, 3.05) is 37.2 Å². The minimum atomic E-state index is -2.35. The van der Waals surface area contributed by atoms with Crippen LogP contribution in [0.4, 0.5) is 11.6 Å². The van der Waals surface area contributed by atoms with Crippen molar-refractivity contribution in [1.29, 1.82) is 0 Å². The first-order valence-corrected chi connectivity index (χ1v) is 10.1. The molecule has 0 aliphatic carbocycles. The summed E-state index contributed by atoms with van der Waals surface area (Å²) in [6.07, 6.45) is 6.37. The number of anilines is 1. The maximum absolute atomic E-state index is 12.1. The number of halogens is 1. The average molecular weight is 371 g/mol. The highest BCUT2D eigenvalue weighted by Gasteiger charge is 2.22. The zero-order valence-corrected chi connectivity index (χ0v) is 15.3. The van der Waals surface area contributed by atoms with Gasteiger partial charge in [0.1, 0.15) is 5.82 Å². The Balaban J connectivity index is 2.13. The van der Waals surface area contributed by atoms with Crippen molar-refractivity contribution in [1.82, 2.24) is 19.5 Å². The average Bonchev–Trinajstić information content (AvgIpc) is 2.92. The number of imidazole rings is 1. The highest BCUT2D eigenvalue weighted by molar-refractivity contribution is 7.92. The lowest BCUT2D eigenvalue weighted by atomic mass is 10.2. The van der Waals surface area contributed by atoms with Gasteiger partial charge in [-0.2, -0.15) is 14.3 Å². The van der Waals surface area contributed by atoms with Gasteiger partial charge in [-0.25, -0.2) is 9.19 Å². The van der Waals surface area contributed by atoms with Gasteiger partial charge in [-0.05, 0) is 18.5 Å². The standard InChI is InChI=1S/C14H19ClN6O2S/c1-10-9-23-7-6-20(10)12-8-11(19-24(2,3)22)17-14(18-12)21-5-4-16-13(21)15/h4-5,8,10H,6-7,9H2,1-3H3/t10-/m1/s1. The molecule has 0 spiro atoms. The van der Waals surface area contributed by atoms with Crippen LogP contribution in [-0.4, -0.2) is 62.0 Å². The Morgan fingerprint density at radius 3 is 2.83 bits per heavy atom. The molecule has 1 fully saturated rings. The largest absolute Gasteiger partial charge is 0.377 e. The van der Waals surface area contributed by atoms with E-state index in [-0.39, 0.29) is 11.3 Å². The first-order chi connectivity index (χ1) is 11.3. The molecule has 0 radical (unpaired) electrons. The van der Waals surface area contributed by atoms with Crippen LogP contribution in [0.2, 0.25) is 5.28 Å². The summed E-state index contributed by atoms with van der Waals surface area (Å²) in [6.45, 7) is 4.02. The molecule has 0 N–H and O–H groups in total. The van der Waals surface area contributed by atoms with E-state index < -0.39 is 9.73 Å². The van der Waals surface area contributed by atoms with Crippen LogP contribution in [0.3, 0.4) is 0 Å². The Bertz CT molecular complexity index is 853. The third kappa shape index (κ3) is 3.85. The topological polar surface area (TPSA) is 85.5 Å². The lowest BCUT2D eigenvalue weighted by Crippen LogP contribution is -2.44. The molecule has 2 aromatic rings. The molecule has 1 aliphatic heterocycles. The van der Waals surface area contributed by atoms with Crippen LogP contribution in [0.1, 0.15) is 6.92 Å². The molecular weight excluding hydrogens is 352 g/mol. The van der Waals surface area contributed by atoms with Gasteiger partial charge in [0.2, 0.25) is 11.2 Å². The van der Waals surface area contributed by atoms with E-state index in [0.29, 0.717) is 37.3 Å². The van der Waals surface area contributed by atoms with Crippen molar-refractivity contribution >= 4 is 33.0 Å². The molecule has 1 saturated heterocycles. The smallest absolute Gasteiger partial charge is 0.240 e. The lowest BCUT2D eigenvalue weighted by molar-refractivity contribution is 0.0985. The maximum atomic E-state index is 12.1. The summed E-state index contributed by atoms with van der Waals surface area (Å²) in [6, 6.07) is 1.91.